The molecule has 1 N–H and O–H groups in total. The van der Waals surface area contributed by atoms with Crippen LogP contribution in [0.1, 0.15) is 47.0 Å². The molecule has 1 aliphatic rings. The molecule has 1 rings (SSSR count). The molecule has 0 bridgehead atoms. The highest BCUT2D eigenvalue weighted by molar-refractivity contribution is 5.82. The molecule has 0 aromatic heterocycles. The maximum atomic E-state index is 12.4. The zero-order valence-electron chi connectivity index (χ0n) is 11.1. The SMILES string of the molecule is CCCN(C(=O)C1NCCCC1C)C(C)C. The van der Waals surface area contributed by atoms with E-state index in [4.69, 9.17) is 0 Å². The largest absolute Gasteiger partial charge is 0.339 e. The molecule has 0 saturated carbocycles. The van der Waals surface area contributed by atoms with Gasteiger partial charge in [0.2, 0.25) is 5.91 Å². The lowest BCUT2D eigenvalue weighted by molar-refractivity contribution is -0.137. The summed E-state index contributed by atoms with van der Waals surface area (Å²) >= 11 is 0. The molecule has 0 radical (unpaired) electrons. The summed E-state index contributed by atoms with van der Waals surface area (Å²) in [7, 11) is 0. The fraction of sp³-hybridized carbons (Fsp3) is 0.923. The normalized spacial score (nSPS) is 25.8. The Kier molecular flexibility index (Phi) is 5.26. The van der Waals surface area contributed by atoms with Crippen molar-refractivity contribution >= 4 is 5.91 Å². The van der Waals surface area contributed by atoms with E-state index in [1.54, 1.807) is 0 Å². The van der Waals surface area contributed by atoms with Crippen molar-refractivity contribution in [3.05, 3.63) is 0 Å². The average molecular weight is 226 g/mol. The number of rotatable bonds is 4. The Balaban J connectivity index is 2.65. The lowest BCUT2D eigenvalue weighted by Gasteiger charge is -2.35. The van der Waals surface area contributed by atoms with Gasteiger partial charge in [0.05, 0.1) is 6.04 Å². The van der Waals surface area contributed by atoms with Gasteiger partial charge in [-0.2, -0.15) is 0 Å². The van der Waals surface area contributed by atoms with Crippen LogP contribution in [-0.2, 0) is 4.79 Å². The van der Waals surface area contributed by atoms with Crippen LogP contribution in [0.3, 0.4) is 0 Å². The fourth-order valence-corrected chi connectivity index (χ4v) is 2.42. The first-order chi connectivity index (χ1) is 7.57. The molecule has 3 nitrogen and oxygen atoms in total. The molecule has 0 aromatic rings. The number of nitrogens with zero attached hydrogens (tertiary/aromatic N) is 1. The smallest absolute Gasteiger partial charge is 0.240 e. The summed E-state index contributed by atoms with van der Waals surface area (Å²) < 4.78 is 0. The molecule has 1 amide bonds. The topological polar surface area (TPSA) is 32.3 Å². The Labute approximate surface area is 99.6 Å². The average Bonchev–Trinajstić information content (AvgIpc) is 2.25. The Morgan fingerprint density at radius 2 is 2.19 bits per heavy atom. The highest BCUT2D eigenvalue weighted by atomic mass is 16.2. The van der Waals surface area contributed by atoms with Crippen LogP contribution < -0.4 is 5.32 Å². The minimum absolute atomic E-state index is 0.0442. The number of carbonyl (C=O) groups excluding carboxylic acids is 1. The minimum atomic E-state index is 0.0442. The Morgan fingerprint density at radius 1 is 1.50 bits per heavy atom. The molecule has 3 heteroatoms. The maximum absolute atomic E-state index is 12.4. The Bertz CT molecular complexity index is 222. The number of hydrogen-bond acceptors (Lipinski definition) is 2. The van der Waals surface area contributed by atoms with E-state index in [0.29, 0.717) is 17.9 Å². The second-order valence-corrected chi connectivity index (χ2v) is 5.18. The fourth-order valence-electron chi connectivity index (χ4n) is 2.42. The lowest BCUT2D eigenvalue weighted by Crippen LogP contribution is -2.54. The second-order valence-electron chi connectivity index (χ2n) is 5.18. The molecule has 2 unspecified atom stereocenters. The van der Waals surface area contributed by atoms with Crippen LogP contribution in [0.25, 0.3) is 0 Å². The van der Waals surface area contributed by atoms with Gasteiger partial charge in [-0.3, -0.25) is 4.79 Å². The third-order valence-corrected chi connectivity index (χ3v) is 3.41. The zero-order valence-corrected chi connectivity index (χ0v) is 11.1. The molecule has 1 saturated heterocycles. The van der Waals surface area contributed by atoms with Crippen molar-refractivity contribution in [3.8, 4) is 0 Å². The van der Waals surface area contributed by atoms with E-state index >= 15 is 0 Å². The summed E-state index contributed by atoms with van der Waals surface area (Å²) in [4.78, 5) is 14.4. The van der Waals surface area contributed by atoms with Crippen LogP contribution >= 0.6 is 0 Å². The van der Waals surface area contributed by atoms with Crippen molar-refractivity contribution in [2.45, 2.75) is 59.0 Å². The Morgan fingerprint density at radius 3 is 2.69 bits per heavy atom. The summed E-state index contributed by atoms with van der Waals surface area (Å²) in [6.45, 7) is 10.4. The monoisotopic (exact) mass is 226 g/mol. The van der Waals surface area contributed by atoms with Gasteiger partial charge in [-0.1, -0.05) is 13.8 Å². The highest BCUT2D eigenvalue weighted by Crippen LogP contribution is 2.18. The van der Waals surface area contributed by atoms with Gasteiger partial charge >= 0.3 is 0 Å². The summed E-state index contributed by atoms with van der Waals surface area (Å²) in [6, 6.07) is 0.353. The Hall–Kier alpha value is -0.570. The van der Waals surface area contributed by atoms with Crippen LogP contribution in [0, 0.1) is 5.92 Å². The molecule has 1 fully saturated rings. The van der Waals surface area contributed by atoms with Crippen molar-refractivity contribution in [1.29, 1.82) is 0 Å². The van der Waals surface area contributed by atoms with Crippen molar-refractivity contribution in [3.63, 3.8) is 0 Å². The summed E-state index contributed by atoms with van der Waals surface area (Å²) in [5, 5.41) is 3.37. The first-order valence-electron chi connectivity index (χ1n) is 6.61. The first-order valence-corrected chi connectivity index (χ1v) is 6.61. The molecule has 0 spiro atoms. The van der Waals surface area contributed by atoms with Crippen LogP contribution in [-0.4, -0.2) is 36.0 Å². The zero-order chi connectivity index (χ0) is 12.1. The van der Waals surface area contributed by atoms with Crippen molar-refractivity contribution < 1.29 is 4.79 Å². The van der Waals surface area contributed by atoms with E-state index in [-0.39, 0.29) is 6.04 Å². The van der Waals surface area contributed by atoms with Gasteiger partial charge in [-0.15, -0.1) is 0 Å². The van der Waals surface area contributed by atoms with E-state index in [1.807, 2.05) is 4.90 Å². The van der Waals surface area contributed by atoms with Gasteiger partial charge < -0.3 is 10.2 Å². The van der Waals surface area contributed by atoms with Crippen molar-refractivity contribution in [2.75, 3.05) is 13.1 Å². The number of hydrogen-bond donors (Lipinski definition) is 1. The maximum Gasteiger partial charge on any atom is 0.240 e. The molecule has 16 heavy (non-hydrogen) atoms. The second kappa shape index (κ2) is 6.24. The molecule has 2 atom stereocenters. The van der Waals surface area contributed by atoms with Gasteiger partial charge in [-0.25, -0.2) is 0 Å². The number of piperidine rings is 1. The van der Waals surface area contributed by atoms with Crippen molar-refractivity contribution in [1.82, 2.24) is 10.2 Å². The molecule has 1 heterocycles. The molecule has 0 aliphatic carbocycles. The number of amides is 1. The predicted octanol–water partition coefficient (Wildman–Crippen LogP) is 2.02. The third kappa shape index (κ3) is 3.21. The highest BCUT2D eigenvalue weighted by Gasteiger charge is 2.31. The molecular formula is C13H26N2O. The summed E-state index contributed by atoms with van der Waals surface area (Å²) in [6.07, 6.45) is 3.40. The van der Waals surface area contributed by atoms with Crippen LogP contribution in [0.5, 0.6) is 0 Å². The van der Waals surface area contributed by atoms with Gasteiger partial charge in [0.1, 0.15) is 0 Å². The van der Waals surface area contributed by atoms with E-state index in [9.17, 15) is 4.79 Å². The first kappa shape index (κ1) is 13.5. The number of carbonyl (C=O) groups is 1. The van der Waals surface area contributed by atoms with Crippen LogP contribution in [0.4, 0.5) is 0 Å². The van der Waals surface area contributed by atoms with Gasteiger partial charge in [-0.05, 0) is 45.6 Å². The summed E-state index contributed by atoms with van der Waals surface area (Å²) in [5.41, 5.74) is 0. The van der Waals surface area contributed by atoms with Crippen LogP contribution in [0.2, 0.25) is 0 Å². The van der Waals surface area contributed by atoms with E-state index in [1.165, 1.54) is 12.8 Å². The predicted molar refractivity (Wildman–Crippen MR) is 67.3 cm³/mol. The van der Waals surface area contributed by atoms with E-state index < -0.39 is 0 Å². The molecule has 0 aromatic carbocycles. The number of nitrogens with one attached hydrogen (secondary N) is 1. The van der Waals surface area contributed by atoms with Gasteiger partial charge in [0.25, 0.3) is 0 Å². The van der Waals surface area contributed by atoms with Crippen molar-refractivity contribution in [2.24, 2.45) is 5.92 Å². The van der Waals surface area contributed by atoms with Gasteiger partial charge in [0, 0.05) is 12.6 Å². The summed E-state index contributed by atoms with van der Waals surface area (Å²) in [5.74, 6) is 0.767. The standard InChI is InChI=1S/C13H26N2O/c1-5-9-15(10(2)3)13(16)12-11(4)7-6-8-14-12/h10-12,14H,5-9H2,1-4H3. The third-order valence-electron chi connectivity index (χ3n) is 3.41. The van der Waals surface area contributed by atoms with Gasteiger partial charge in [0.15, 0.2) is 0 Å². The van der Waals surface area contributed by atoms with E-state index in [2.05, 4.69) is 33.0 Å². The van der Waals surface area contributed by atoms with Crippen LogP contribution in [0.15, 0.2) is 0 Å². The molecular weight excluding hydrogens is 200 g/mol. The lowest BCUT2D eigenvalue weighted by atomic mass is 9.91. The molecule has 94 valence electrons. The quantitative estimate of drug-likeness (QED) is 0.795. The van der Waals surface area contributed by atoms with E-state index in [0.717, 1.165) is 19.5 Å². The molecule has 1 aliphatic heterocycles. The minimum Gasteiger partial charge on any atom is -0.339 e.